The Morgan fingerprint density at radius 3 is 3.06 bits per heavy atom. The van der Waals surface area contributed by atoms with E-state index in [-0.39, 0.29) is 0 Å². The number of nitrogens with zero attached hydrogens (tertiary/aromatic N) is 1. The topological polar surface area (TPSA) is 24.5 Å². The van der Waals surface area contributed by atoms with Crippen LogP contribution in [-0.2, 0) is 0 Å². The van der Waals surface area contributed by atoms with Gasteiger partial charge in [0.1, 0.15) is 5.75 Å². The molecule has 1 unspecified atom stereocenters. The molecule has 3 rings (SSSR count). The second-order valence-corrected chi connectivity index (χ2v) is 5.51. The minimum Gasteiger partial charge on any atom is -0.496 e. The normalized spacial score (nSPS) is 27.0. The summed E-state index contributed by atoms with van der Waals surface area (Å²) in [6.45, 7) is 2.31. The minimum absolute atomic E-state index is 0.599. The highest BCUT2D eigenvalue weighted by molar-refractivity contribution is 5.63. The van der Waals surface area contributed by atoms with Crippen molar-refractivity contribution in [3.05, 3.63) is 23.8 Å². The number of likely N-dealkylation sites (tertiary alicyclic amines) is 1. The van der Waals surface area contributed by atoms with Crippen LogP contribution in [-0.4, -0.2) is 38.2 Å². The molecule has 1 aromatic carbocycles. The van der Waals surface area contributed by atoms with E-state index >= 15 is 0 Å². The van der Waals surface area contributed by atoms with E-state index in [0.717, 1.165) is 18.3 Å². The minimum atomic E-state index is 0.599. The van der Waals surface area contributed by atoms with E-state index in [1.54, 1.807) is 7.11 Å². The number of hydrogen-bond acceptors (Lipinski definition) is 3. The molecule has 0 radical (unpaired) electrons. The second-order valence-electron chi connectivity index (χ2n) is 5.51. The largest absolute Gasteiger partial charge is 0.496 e. The van der Waals surface area contributed by atoms with Crippen molar-refractivity contribution >= 4 is 5.69 Å². The van der Waals surface area contributed by atoms with Crippen LogP contribution in [0.2, 0.25) is 0 Å². The highest BCUT2D eigenvalue weighted by Gasteiger charge is 2.31. The van der Waals surface area contributed by atoms with Gasteiger partial charge in [0.15, 0.2) is 0 Å². The van der Waals surface area contributed by atoms with Crippen molar-refractivity contribution in [2.24, 2.45) is 0 Å². The van der Waals surface area contributed by atoms with Gasteiger partial charge in [-0.3, -0.25) is 0 Å². The first-order valence-corrected chi connectivity index (χ1v) is 6.90. The Labute approximate surface area is 109 Å². The summed E-state index contributed by atoms with van der Waals surface area (Å²) in [6, 6.07) is 7.05. The van der Waals surface area contributed by atoms with Crippen molar-refractivity contribution in [1.29, 1.82) is 0 Å². The standard InChI is InChI=1S/C15H22N2O/c1-17-8-4-5-12(17)9-11-10-16-13-6-3-7-14(18-2)15(11)13/h3,6-7,11-12,16H,4-5,8-10H2,1-2H3/t11?,12-/m1/s1. The maximum Gasteiger partial charge on any atom is 0.124 e. The number of benzene rings is 1. The van der Waals surface area contributed by atoms with E-state index in [4.69, 9.17) is 4.74 Å². The maximum absolute atomic E-state index is 5.53. The van der Waals surface area contributed by atoms with Crippen LogP contribution in [0.1, 0.15) is 30.7 Å². The lowest BCUT2D eigenvalue weighted by Gasteiger charge is -2.23. The molecule has 0 aromatic heterocycles. The van der Waals surface area contributed by atoms with Gasteiger partial charge in [0, 0.05) is 29.8 Å². The van der Waals surface area contributed by atoms with Gasteiger partial charge in [0.25, 0.3) is 0 Å². The third kappa shape index (κ3) is 1.97. The summed E-state index contributed by atoms with van der Waals surface area (Å²) in [4.78, 5) is 2.51. The first-order valence-electron chi connectivity index (χ1n) is 6.90. The monoisotopic (exact) mass is 246 g/mol. The molecule has 2 heterocycles. The molecule has 2 aliphatic heterocycles. The number of rotatable bonds is 3. The Morgan fingerprint density at radius 2 is 2.33 bits per heavy atom. The van der Waals surface area contributed by atoms with Crippen LogP contribution in [0, 0.1) is 0 Å². The zero-order valence-corrected chi connectivity index (χ0v) is 11.3. The van der Waals surface area contributed by atoms with Crippen molar-refractivity contribution in [3.8, 4) is 5.75 Å². The molecule has 3 heteroatoms. The third-order valence-electron chi connectivity index (χ3n) is 4.46. The molecule has 2 aliphatic rings. The summed E-state index contributed by atoms with van der Waals surface area (Å²) in [7, 11) is 4.02. The lowest BCUT2D eigenvalue weighted by molar-refractivity contribution is 0.283. The lowest BCUT2D eigenvalue weighted by Crippen LogP contribution is -2.27. The van der Waals surface area contributed by atoms with E-state index in [1.165, 1.54) is 37.1 Å². The summed E-state index contributed by atoms with van der Waals surface area (Å²) >= 11 is 0. The molecule has 1 N–H and O–H groups in total. The maximum atomic E-state index is 5.53. The fourth-order valence-electron chi connectivity index (χ4n) is 3.44. The van der Waals surface area contributed by atoms with Crippen LogP contribution < -0.4 is 10.1 Å². The molecule has 0 aliphatic carbocycles. The highest BCUT2D eigenvalue weighted by atomic mass is 16.5. The van der Waals surface area contributed by atoms with Gasteiger partial charge in [-0.05, 0) is 45.0 Å². The van der Waals surface area contributed by atoms with Crippen LogP contribution in [0.4, 0.5) is 5.69 Å². The van der Waals surface area contributed by atoms with Gasteiger partial charge in [0.2, 0.25) is 0 Å². The number of ether oxygens (including phenoxy) is 1. The number of hydrogen-bond donors (Lipinski definition) is 1. The van der Waals surface area contributed by atoms with Gasteiger partial charge < -0.3 is 15.0 Å². The summed E-state index contributed by atoms with van der Waals surface area (Å²) in [5.74, 6) is 1.64. The van der Waals surface area contributed by atoms with Crippen LogP contribution in [0.25, 0.3) is 0 Å². The molecule has 1 aromatic rings. The average Bonchev–Trinajstić information content (AvgIpc) is 2.97. The molecular formula is C15H22N2O. The Balaban J connectivity index is 1.81. The molecule has 0 saturated carbocycles. The Hall–Kier alpha value is -1.22. The summed E-state index contributed by atoms with van der Waals surface area (Å²) in [5, 5.41) is 3.52. The van der Waals surface area contributed by atoms with Gasteiger partial charge in [-0.25, -0.2) is 0 Å². The summed E-state index contributed by atoms with van der Waals surface area (Å²) in [5.41, 5.74) is 2.65. The van der Waals surface area contributed by atoms with Crippen molar-refractivity contribution in [1.82, 2.24) is 4.90 Å². The van der Waals surface area contributed by atoms with Crippen LogP contribution in [0.5, 0.6) is 5.75 Å². The van der Waals surface area contributed by atoms with Gasteiger partial charge >= 0.3 is 0 Å². The average molecular weight is 246 g/mol. The van der Waals surface area contributed by atoms with E-state index in [0.29, 0.717) is 5.92 Å². The quantitative estimate of drug-likeness (QED) is 0.887. The Bertz CT molecular complexity index is 433. The zero-order valence-electron chi connectivity index (χ0n) is 11.3. The van der Waals surface area contributed by atoms with Crippen molar-refractivity contribution in [3.63, 3.8) is 0 Å². The van der Waals surface area contributed by atoms with Gasteiger partial charge in [-0.15, -0.1) is 0 Å². The van der Waals surface area contributed by atoms with E-state index in [9.17, 15) is 0 Å². The molecule has 98 valence electrons. The number of fused-ring (bicyclic) bond motifs is 1. The predicted octanol–water partition coefficient (Wildman–Crippen LogP) is 2.69. The molecule has 1 saturated heterocycles. The molecule has 0 bridgehead atoms. The highest BCUT2D eigenvalue weighted by Crippen LogP contribution is 2.41. The molecule has 2 atom stereocenters. The van der Waals surface area contributed by atoms with Gasteiger partial charge in [-0.2, -0.15) is 0 Å². The number of anilines is 1. The fourth-order valence-corrected chi connectivity index (χ4v) is 3.44. The zero-order chi connectivity index (χ0) is 12.5. The van der Waals surface area contributed by atoms with E-state index < -0.39 is 0 Å². The van der Waals surface area contributed by atoms with Crippen molar-refractivity contribution in [2.75, 3.05) is 32.6 Å². The summed E-state index contributed by atoms with van der Waals surface area (Å²) in [6.07, 6.45) is 3.94. The molecule has 1 fully saturated rings. The smallest absolute Gasteiger partial charge is 0.124 e. The van der Waals surface area contributed by atoms with E-state index in [1.807, 2.05) is 0 Å². The molecule has 0 amide bonds. The molecular weight excluding hydrogens is 224 g/mol. The number of nitrogens with one attached hydrogen (secondary N) is 1. The van der Waals surface area contributed by atoms with Crippen LogP contribution >= 0.6 is 0 Å². The predicted molar refractivity (Wildman–Crippen MR) is 74.5 cm³/mol. The van der Waals surface area contributed by atoms with Crippen LogP contribution in [0.15, 0.2) is 18.2 Å². The molecule has 3 nitrogen and oxygen atoms in total. The first kappa shape index (κ1) is 11.8. The van der Waals surface area contributed by atoms with Crippen LogP contribution in [0.3, 0.4) is 0 Å². The summed E-state index contributed by atoms with van der Waals surface area (Å²) < 4.78 is 5.53. The van der Waals surface area contributed by atoms with E-state index in [2.05, 4.69) is 35.5 Å². The number of methoxy groups -OCH3 is 1. The SMILES string of the molecule is COc1cccc2c1C(C[C@H]1CCCN1C)CN2. The molecule has 0 spiro atoms. The van der Waals surface area contributed by atoms with Crippen molar-refractivity contribution < 1.29 is 4.74 Å². The van der Waals surface area contributed by atoms with Crippen molar-refractivity contribution in [2.45, 2.75) is 31.2 Å². The Kier molecular flexibility index (Phi) is 3.16. The third-order valence-corrected chi connectivity index (χ3v) is 4.46. The Morgan fingerprint density at radius 1 is 1.44 bits per heavy atom. The molecule has 18 heavy (non-hydrogen) atoms. The first-order chi connectivity index (χ1) is 8.79. The van der Waals surface area contributed by atoms with Gasteiger partial charge in [-0.1, -0.05) is 6.07 Å². The van der Waals surface area contributed by atoms with Gasteiger partial charge in [0.05, 0.1) is 7.11 Å². The lowest BCUT2D eigenvalue weighted by atomic mass is 9.92. The fraction of sp³-hybridized carbons (Fsp3) is 0.600. The second kappa shape index (κ2) is 4.81.